The molecule has 96 valence electrons. The highest BCUT2D eigenvalue weighted by atomic mass is 32.2. The number of halogens is 1. The van der Waals surface area contributed by atoms with Gasteiger partial charge in [0.25, 0.3) is 0 Å². The van der Waals surface area contributed by atoms with E-state index >= 15 is 0 Å². The van der Waals surface area contributed by atoms with Crippen LogP contribution in [0.1, 0.15) is 11.1 Å². The van der Waals surface area contributed by atoms with Crippen LogP contribution in [-0.4, -0.2) is 16.7 Å². The number of nitrogens with zero attached hydrogens (tertiary/aromatic N) is 1. The van der Waals surface area contributed by atoms with Crippen molar-refractivity contribution in [3.63, 3.8) is 0 Å². The smallest absolute Gasteiger partial charge is 0.124 e. The van der Waals surface area contributed by atoms with Gasteiger partial charge >= 0.3 is 0 Å². The zero-order valence-corrected chi connectivity index (χ0v) is 11.0. The van der Waals surface area contributed by atoms with Crippen LogP contribution in [0, 0.1) is 17.7 Å². The van der Waals surface area contributed by atoms with E-state index in [1.165, 1.54) is 12.1 Å². The van der Waals surface area contributed by atoms with Gasteiger partial charge in [-0.05, 0) is 29.8 Å². The lowest BCUT2D eigenvalue weighted by Crippen LogP contribution is -1.90. The topological polar surface area (TPSA) is 33.1 Å². The minimum Gasteiger partial charge on any atom is -0.384 e. The largest absolute Gasteiger partial charge is 0.384 e. The van der Waals surface area contributed by atoms with Crippen molar-refractivity contribution >= 4 is 11.8 Å². The summed E-state index contributed by atoms with van der Waals surface area (Å²) in [5, 5.41) is 9.62. The molecule has 1 aromatic heterocycles. The molecule has 2 nitrogen and oxygen atoms in total. The maximum absolute atomic E-state index is 13.2. The lowest BCUT2D eigenvalue weighted by Gasteiger charge is -2.04. The molecule has 19 heavy (non-hydrogen) atoms. The number of rotatable bonds is 3. The van der Waals surface area contributed by atoms with Crippen molar-refractivity contribution in [2.75, 3.05) is 6.61 Å². The number of pyridine rings is 1. The van der Waals surface area contributed by atoms with Crippen molar-refractivity contribution in [3.05, 3.63) is 59.5 Å². The standard InChI is InChI=1S/C15H12FNOS/c16-14-7-6-13(12(10-14)4-3-9-18)11-19-15-5-1-2-8-17-15/h1-2,5-8,10,18H,9,11H2. The van der Waals surface area contributed by atoms with E-state index in [9.17, 15) is 4.39 Å². The lowest BCUT2D eigenvalue weighted by atomic mass is 10.1. The molecule has 2 aromatic rings. The normalized spacial score (nSPS) is 9.79. The summed E-state index contributed by atoms with van der Waals surface area (Å²) in [6, 6.07) is 10.2. The molecule has 1 aromatic carbocycles. The first kappa shape index (κ1) is 13.6. The van der Waals surface area contributed by atoms with Gasteiger partial charge in [0.2, 0.25) is 0 Å². The van der Waals surface area contributed by atoms with Gasteiger partial charge in [0.05, 0.1) is 5.03 Å². The molecule has 0 saturated carbocycles. The number of hydrogen-bond acceptors (Lipinski definition) is 3. The second kappa shape index (κ2) is 6.93. The summed E-state index contributed by atoms with van der Waals surface area (Å²) in [6.45, 7) is -0.233. The molecule has 0 spiro atoms. The Labute approximate surface area is 115 Å². The van der Waals surface area contributed by atoms with Crippen molar-refractivity contribution in [1.29, 1.82) is 0 Å². The van der Waals surface area contributed by atoms with Gasteiger partial charge in [0.1, 0.15) is 12.4 Å². The highest BCUT2D eigenvalue weighted by Crippen LogP contribution is 2.22. The van der Waals surface area contributed by atoms with Crippen molar-refractivity contribution < 1.29 is 9.50 Å². The van der Waals surface area contributed by atoms with Crippen LogP contribution in [0.25, 0.3) is 0 Å². The van der Waals surface area contributed by atoms with Gasteiger partial charge in [-0.2, -0.15) is 0 Å². The minimum atomic E-state index is -0.325. The van der Waals surface area contributed by atoms with Crippen LogP contribution in [-0.2, 0) is 5.75 Å². The Balaban J connectivity index is 2.15. The lowest BCUT2D eigenvalue weighted by molar-refractivity contribution is 0.350. The number of benzene rings is 1. The average molecular weight is 273 g/mol. The highest BCUT2D eigenvalue weighted by molar-refractivity contribution is 7.98. The zero-order valence-electron chi connectivity index (χ0n) is 10.1. The Morgan fingerprint density at radius 1 is 1.26 bits per heavy atom. The van der Waals surface area contributed by atoms with Crippen LogP contribution in [0.2, 0.25) is 0 Å². The third kappa shape index (κ3) is 4.09. The zero-order chi connectivity index (χ0) is 13.5. The molecule has 0 aliphatic carbocycles. The fourth-order valence-corrected chi connectivity index (χ4v) is 2.38. The Kier molecular flexibility index (Phi) is 4.96. The number of thioether (sulfide) groups is 1. The fourth-order valence-electron chi connectivity index (χ4n) is 1.51. The third-order valence-corrected chi connectivity index (χ3v) is 3.38. The third-order valence-electron chi connectivity index (χ3n) is 2.39. The Morgan fingerprint density at radius 2 is 2.16 bits per heavy atom. The Morgan fingerprint density at radius 3 is 2.89 bits per heavy atom. The van der Waals surface area contributed by atoms with E-state index in [0.717, 1.165) is 10.6 Å². The molecule has 0 atom stereocenters. The molecule has 0 bridgehead atoms. The molecule has 0 unspecified atom stereocenters. The van der Waals surface area contributed by atoms with Crippen molar-refractivity contribution in [1.82, 2.24) is 4.98 Å². The summed E-state index contributed by atoms with van der Waals surface area (Å²) >= 11 is 1.56. The number of aliphatic hydroxyl groups is 1. The summed E-state index contributed by atoms with van der Waals surface area (Å²) in [6.07, 6.45) is 1.74. The van der Waals surface area contributed by atoms with Gasteiger partial charge in [-0.3, -0.25) is 0 Å². The van der Waals surface area contributed by atoms with Crippen LogP contribution in [0.4, 0.5) is 4.39 Å². The minimum absolute atomic E-state index is 0.233. The fraction of sp³-hybridized carbons (Fsp3) is 0.133. The van der Waals surface area contributed by atoms with Crippen molar-refractivity contribution in [3.8, 4) is 11.8 Å². The van der Waals surface area contributed by atoms with E-state index in [1.807, 2.05) is 18.2 Å². The van der Waals surface area contributed by atoms with E-state index in [4.69, 9.17) is 5.11 Å². The first-order valence-electron chi connectivity index (χ1n) is 5.71. The van der Waals surface area contributed by atoms with Gasteiger partial charge in [-0.25, -0.2) is 9.37 Å². The summed E-state index contributed by atoms with van der Waals surface area (Å²) < 4.78 is 13.2. The van der Waals surface area contributed by atoms with Crippen LogP contribution < -0.4 is 0 Å². The van der Waals surface area contributed by atoms with Gasteiger partial charge in [0, 0.05) is 17.5 Å². The molecule has 1 N–H and O–H groups in total. The van der Waals surface area contributed by atoms with E-state index in [1.54, 1.807) is 24.0 Å². The molecule has 0 radical (unpaired) electrons. The number of hydrogen-bond donors (Lipinski definition) is 1. The molecule has 0 fully saturated rings. The summed E-state index contributed by atoms with van der Waals surface area (Å²) in [5.41, 5.74) is 1.54. The van der Waals surface area contributed by atoms with Crippen molar-refractivity contribution in [2.24, 2.45) is 0 Å². The monoisotopic (exact) mass is 273 g/mol. The predicted molar refractivity (Wildman–Crippen MR) is 74.2 cm³/mol. The second-order valence-corrected chi connectivity index (χ2v) is 4.71. The van der Waals surface area contributed by atoms with Gasteiger partial charge < -0.3 is 5.11 Å². The van der Waals surface area contributed by atoms with Crippen LogP contribution in [0.5, 0.6) is 0 Å². The summed E-state index contributed by atoms with van der Waals surface area (Å²) in [4.78, 5) is 4.22. The molecule has 0 amide bonds. The van der Waals surface area contributed by atoms with Crippen LogP contribution >= 0.6 is 11.8 Å². The Hall–Kier alpha value is -1.83. The van der Waals surface area contributed by atoms with Crippen molar-refractivity contribution in [2.45, 2.75) is 10.8 Å². The van der Waals surface area contributed by atoms with E-state index < -0.39 is 0 Å². The number of aliphatic hydroxyl groups excluding tert-OH is 1. The molecular weight excluding hydrogens is 261 g/mol. The Bertz CT molecular complexity index is 605. The molecular formula is C15H12FNOS. The van der Waals surface area contributed by atoms with E-state index in [0.29, 0.717) is 11.3 Å². The van der Waals surface area contributed by atoms with E-state index in [2.05, 4.69) is 16.8 Å². The number of aromatic nitrogens is 1. The molecule has 4 heteroatoms. The van der Waals surface area contributed by atoms with Gasteiger partial charge in [0.15, 0.2) is 0 Å². The molecule has 2 rings (SSSR count). The maximum atomic E-state index is 13.2. The van der Waals surface area contributed by atoms with Gasteiger partial charge in [-0.1, -0.05) is 24.0 Å². The maximum Gasteiger partial charge on any atom is 0.124 e. The van der Waals surface area contributed by atoms with Gasteiger partial charge in [-0.15, -0.1) is 11.8 Å². The summed E-state index contributed by atoms with van der Waals surface area (Å²) in [5.74, 6) is 5.64. The average Bonchev–Trinajstić information content (AvgIpc) is 2.45. The first-order chi connectivity index (χ1) is 9.29. The second-order valence-electron chi connectivity index (χ2n) is 3.72. The molecule has 0 aliphatic rings. The molecule has 1 heterocycles. The molecule has 0 aliphatic heterocycles. The first-order valence-corrected chi connectivity index (χ1v) is 6.70. The van der Waals surface area contributed by atoms with Crippen LogP contribution in [0.3, 0.4) is 0 Å². The SMILES string of the molecule is OCC#Cc1cc(F)ccc1CSc1ccccn1. The predicted octanol–water partition coefficient (Wildman–Crippen LogP) is 2.86. The highest BCUT2D eigenvalue weighted by Gasteiger charge is 2.03. The van der Waals surface area contributed by atoms with Crippen LogP contribution in [0.15, 0.2) is 47.6 Å². The quantitative estimate of drug-likeness (QED) is 0.689. The van der Waals surface area contributed by atoms with E-state index in [-0.39, 0.29) is 12.4 Å². The molecule has 0 saturated heterocycles. The summed E-state index contributed by atoms with van der Waals surface area (Å²) in [7, 11) is 0.